The van der Waals surface area contributed by atoms with Crippen LogP contribution in [0.3, 0.4) is 0 Å². The molecule has 1 aliphatic rings. The lowest BCUT2D eigenvalue weighted by atomic mass is 9.99. The highest BCUT2D eigenvalue weighted by Gasteiger charge is 2.48. The molecule has 6 heteroatoms. The van der Waals surface area contributed by atoms with Crippen LogP contribution in [-0.2, 0) is 43.5 Å². The van der Waals surface area contributed by atoms with Crippen molar-refractivity contribution in [3.8, 4) is 0 Å². The van der Waals surface area contributed by atoms with E-state index in [0.29, 0.717) is 6.61 Å². The Morgan fingerprint density at radius 2 is 1.19 bits per heavy atom. The number of benzene rings is 3. The number of hydrogen-bond acceptors (Lipinski definition) is 5. The predicted octanol–water partition coefficient (Wildman–Crippen LogP) is 5.64. The fourth-order valence-corrected chi connectivity index (χ4v) is 4.06. The zero-order valence-corrected chi connectivity index (χ0v) is 20.3. The van der Waals surface area contributed by atoms with E-state index in [1.165, 1.54) is 0 Å². The van der Waals surface area contributed by atoms with Crippen molar-refractivity contribution in [2.75, 3.05) is 13.2 Å². The summed E-state index contributed by atoms with van der Waals surface area (Å²) in [6.45, 7) is 4.88. The molecule has 0 aliphatic carbocycles. The van der Waals surface area contributed by atoms with Crippen molar-refractivity contribution in [2.45, 2.75) is 50.6 Å². The van der Waals surface area contributed by atoms with Gasteiger partial charge in [0.1, 0.15) is 18.3 Å². The Balaban J connectivity index is 1.48. The summed E-state index contributed by atoms with van der Waals surface area (Å²) in [5, 5.41) is 0. The maximum absolute atomic E-state index is 15.9. The Hall–Kier alpha value is -2.87. The minimum Gasteiger partial charge on any atom is -0.374 e. The van der Waals surface area contributed by atoms with Crippen molar-refractivity contribution in [1.29, 1.82) is 0 Å². The lowest BCUT2D eigenvalue weighted by molar-refractivity contribution is -0.309. The minimum atomic E-state index is -1.48. The second kappa shape index (κ2) is 14.0. The Morgan fingerprint density at radius 1 is 0.694 bits per heavy atom. The van der Waals surface area contributed by atoms with E-state index in [9.17, 15) is 0 Å². The summed E-state index contributed by atoms with van der Waals surface area (Å²) < 4.78 is 46.0. The first-order valence-corrected chi connectivity index (χ1v) is 12.2. The number of rotatable bonds is 13. The van der Waals surface area contributed by atoms with Gasteiger partial charge in [0.2, 0.25) is 0 Å². The van der Waals surface area contributed by atoms with Gasteiger partial charge in [-0.25, -0.2) is 4.39 Å². The maximum Gasteiger partial charge on any atom is 0.187 e. The largest absolute Gasteiger partial charge is 0.374 e. The van der Waals surface area contributed by atoms with Gasteiger partial charge in [-0.1, -0.05) is 97.1 Å². The first-order chi connectivity index (χ1) is 17.7. The van der Waals surface area contributed by atoms with E-state index in [0.717, 1.165) is 16.7 Å². The monoisotopic (exact) mass is 492 g/mol. The zero-order valence-electron chi connectivity index (χ0n) is 20.3. The Kier molecular flexibility index (Phi) is 10.2. The van der Waals surface area contributed by atoms with Gasteiger partial charge in [-0.3, -0.25) is 0 Å². The number of halogens is 1. The van der Waals surface area contributed by atoms with Crippen LogP contribution < -0.4 is 0 Å². The van der Waals surface area contributed by atoms with Gasteiger partial charge in [0, 0.05) is 0 Å². The van der Waals surface area contributed by atoms with Crippen molar-refractivity contribution >= 4 is 0 Å². The van der Waals surface area contributed by atoms with Crippen LogP contribution in [-0.4, -0.2) is 44.0 Å². The molecular weight excluding hydrogens is 459 g/mol. The van der Waals surface area contributed by atoms with Crippen LogP contribution in [0.4, 0.5) is 4.39 Å². The molecule has 0 saturated carbocycles. The zero-order chi connectivity index (χ0) is 25.0. The van der Waals surface area contributed by atoms with Crippen molar-refractivity contribution in [2.24, 2.45) is 0 Å². The van der Waals surface area contributed by atoms with Crippen molar-refractivity contribution in [1.82, 2.24) is 0 Å². The quantitative estimate of drug-likeness (QED) is 0.289. The second-order valence-electron chi connectivity index (χ2n) is 8.63. The Morgan fingerprint density at radius 3 is 1.72 bits per heavy atom. The molecule has 0 bridgehead atoms. The Bertz CT molecular complexity index is 1020. The van der Waals surface area contributed by atoms with E-state index in [-0.39, 0.29) is 26.4 Å². The lowest BCUT2D eigenvalue weighted by Gasteiger charge is -2.43. The molecule has 5 nitrogen and oxygen atoms in total. The molecular formula is C30H33FO5. The van der Waals surface area contributed by atoms with Gasteiger partial charge < -0.3 is 23.7 Å². The van der Waals surface area contributed by atoms with Gasteiger partial charge in [-0.05, 0) is 16.7 Å². The summed E-state index contributed by atoms with van der Waals surface area (Å²) >= 11 is 0. The first-order valence-electron chi connectivity index (χ1n) is 12.2. The van der Waals surface area contributed by atoms with Crippen LogP contribution in [0.1, 0.15) is 16.7 Å². The van der Waals surface area contributed by atoms with Crippen LogP contribution in [0.5, 0.6) is 0 Å². The number of hydrogen-bond donors (Lipinski definition) is 0. The molecule has 0 aromatic heterocycles. The van der Waals surface area contributed by atoms with E-state index in [2.05, 4.69) is 6.58 Å². The fourth-order valence-electron chi connectivity index (χ4n) is 4.06. The summed E-state index contributed by atoms with van der Waals surface area (Å²) in [5.41, 5.74) is 2.91. The van der Waals surface area contributed by atoms with E-state index < -0.39 is 30.8 Å². The molecule has 5 atom stereocenters. The molecule has 1 saturated heterocycles. The fraction of sp³-hybridized carbons (Fsp3) is 0.333. The third-order valence-electron chi connectivity index (χ3n) is 5.91. The highest BCUT2D eigenvalue weighted by Crippen LogP contribution is 2.31. The highest BCUT2D eigenvalue weighted by molar-refractivity contribution is 5.15. The predicted molar refractivity (Wildman–Crippen MR) is 136 cm³/mol. The topological polar surface area (TPSA) is 46.2 Å². The van der Waals surface area contributed by atoms with Gasteiger partial charge in [0.15, 0.2) is 12.5 Å². The SMILES string of the molecule is C=CCO[C@H]1O[C@H](COCc2ccccc2)[C@@H](F)[C@H](OCc2ccccc2)[C@H]1OCc1ccccc1. The first kappa shape index (κ1) is 26.2. The van der Waals surface area contributed by atoms with Crippen molar-refractivity contribution < 1.29 is 28.1 Å². The molecule has 0 spiro atoms. The molecule has 0 amide bonds. The summed E-state index contributed by atoms with van der Waals surface area (Å²) in [6.07, 6.45) is -3.27. The minimum absolute atomic E-state index is 0.0562. The molecule has 0 N–H and O–H groups in total. The third-order valence-corrected chi connectivity index (χ3v) is 5.91. The van der Waals surface area contributed by atoms with Gasteiger partial charge in [0.05, 0.1) is 33.0 Å². The van der Waals surface area contributed by atoms with Crippen LogP contribution in [0.25, 0.3) is 0 Å². The second-order valence-corrected chi connectivity index (χ2v) is 8.63. The van der Waals surface area contributed by atoms with Gasteiger partial charge >= 0.3 is 0 Å². The summed E-state index contributed by atoms with van der Waals surface area (Å²) in [7, 11) is 0. The number of ether oxygens (including phenoxy) is 5. The van der Waals surface area contributed by atoms with E-state index in [1.807, 2.05) is 91.0 Å². The van der Waals surface area contributed by atoms with Crippen LogP contribution in [0, 0.1) is 0 Å². The molecule has 0 unspecified atom stereocenters. The van der Waals surface area contributed by atoms with Gasteiger partial charge in [-0.15, -0.1) is 6.58 Å². The van der Waals surface area contributed by atoms with E-state index in [4.69, 9.17) is 23.7 Å². The molecule has 1 fully saturated rings. The van der Waals surface area contributed by atoms with Crippen molar-refractivity contribution in [3.05, 3.63) is 120 Å². The molecule has 190 valence electrons. The maximum atomic E-state index is 15.9. The molecule has 0 radical (unpaired) electrons. The molecule has 1 aliphatic heterocycles. The van der Waals surface area contributed by atoms with Gasteiger partial charge in [-0.2, -0.15) is 0 Å². The van der Waals surface area contributed by atoms with Crippen molar-refractivity contribution in [3.63, 3.8) is 0 Å². The molecule has 3 aromatic carbocycles. The number of alkyl halides is 1. The summed E-state index contributed by atoms with van der Waals surface area (Å²) in [4.78, 5) is 0. The Labute approximate surface area is 212 Å². The third kappa shape index (κ3) is 7.56. The average Bonchev–Trinajstić information content (AvgIpc) is 2.93. The highest BCUT2D eigenvalue weighted by atomic mass is 19.1. The smallest absolute Gasteiger partial charge is 0.187 e. The van der Waals surface area contributed by atoms with Crippen LogP contribution in [0.2, 0.25) is 0 Å². The average molecular weight is 493 g/mol. The molecule has 3 aromatic rings. The van der Waals surface area contributed by atoms with E-state index in [1.54, 1.807) is 6.08 Å². The summed E-state index contributed by atoms with van der Waals surface area (Å²) in [5.74, 6) is 0. The molecule has 1 heterocycles. The summed E-state index contributed by atoms with van der Waals surface area (Å²) in [6, 6.07) is 29.1. The van der Waals surface area contributed by atoms with Crippen LogP contribution in [0.15, 0.2) is 104 Å². The van der Waals surface area contributed by atoms with E-state index >= 15 is 4.39 Å². The molecule has 36 heavy (non-hydrogen) atoms. The normalized spacial score (nSPS) is 23.9. The lowest BCUT2D eigenvalue weighted by Crippen LogP contribution is -2.59. The van der Waals surface area contributed by atoms with Gasteiger partial charge in [0.25, 0.3) is 0 Å². The van der Waals surface area contributed by atoms with Crippen LogP contribution >= 0.6 is 0 Å². The molecule has 4 rings (SSSR count). The standard InChI is InChI=1S/C30H33FO5/c1-2-18-33-30-29(35-21-25-16-10-5-11-17-25)28(34-20-24-14-8-4-9-15-24)27(31)26(36-30)22-32-19-23-12-6-3-7-13-23/h2-17,26-30H,1,18-22H2/t26-,27-,28+,29-,30+/m1/s1.